The summed E-state index contributed by atoms with van der Waals surface area (Å²) in [5.41, 5.74) is 0. The topological polar surface area (TPSA) is 39.1 Å². The number of alkyl halides is 1. The van der Waals surface area contributed by atoms with Gasteiger partial charge in [0.2, 0.25) is 0 Å². The number of imidazole rings is 1. The maximum Gasteiger partial charge on any atom is 0.105 e. The molecule has 0 aliphatic heterocycles. The van der Waals surface area contributed by atoms with Gasteiger partial charge in [-0.3, -0.25) is 0 Å². The van der Waals surface area contributed by atoms with E-state index in [0.29, 0.717) is 6.61 Å². The van der Waals surface area contributed by atoms with Gasteiger partial charge in [-0.05, 0) is 6.92 Å². The van der Waals surface area contributed by atoms with Gasteiger partial charge in [0.1, 0.15) is 5.82 Å². The van der Waals surface area contributed by atoms with Crippen LogP contribution in [-0.4, -0.2) is 41.7 Å². The third-order valence-corrected chi connectivity index (χ3v) is 2.45. The van der Waals surface area contributed by atoms with Crippen molar-refractivity contribution in [3.05, 3.63) is 18.2 Å². The minimum Gasteiger partial charge on any atom is -0.383 e. The lowest BCUT2D eigenvalue weighted by Crippen LogP contribution is -2.29. The quantitative estimate of drug-likeness (QED) is 0.563. The molecule has 0 radical (unpaired) electrons. The van der Waals surface area contributed by atoms with Crippen LogP contribution in [-0.2, 0) is 11.3 Å². The molecule has 1 rings (SSSR count). The summed E-state index contributed by atoms with van der Waals surface area (Å²) < 4.78 is 7.04. The molecule has 0 fully saturated rings. The molecule has 0 spiro atoms. The third-order valence-electron chi connectivity index (χ3n) is 2.17. The van der Waals surface area contributed by atoms with Crippen LogP contribution in [0.1, 0.15) is 5.82 Å². The van der Waals surface area contributed by atoms with Crippen molar-refractivity contribution in [2.24, 2.45) is 0 Å². The number of nitrogens with zero attached hydrogens (tertiary/aromatic N) is 2. The average Bonchev–Trinajstić information content (AvgIpc) is 2.60. The summed E-state index contributed by atoms with van der Waals surface area (Å²) in [5, 5.41) is 3.32. The number of nitrogens with one attached hydrogen (secondary N) is 1. The smallest absolute Gasteiger partial charge is 0.105 e. The molecule has 1 atom stereocenters. The van der Waals surface area contributed by atoms with Gasteiger partial charge in [-0.15, -0.1) is 11.6 Å². The normalized spacial score (nSPS) is 13.0. The summed E-state index contributed by atoms with van der Waals surface area (Å²) in [6, 6.07) is 0. The SMILES string of the molecule is COCC(Cl)CNCCn1ccnc1C. The summed E-state index contributed by atoms with van der Waals surface area (Å²) in [6.07, 6.45) is 3.79. The van der Waals surface area contributed by atoms with Crippen LogP contribution in [0.4, 0.5) is 0 Å². The Morgan fingerprint density at radius 2 is 2.47 bits per heavy atom. The first kappa shape index (κ1) is 12.5. The molecule has 1 N–H and O–H groups in total. The Morgan fingerprint density at radius 1 is 1.67 bits per heavy atom. The molecule has 4 nitrogen and oxygen atoms in total. The molecule has 0 aliphatic carbocycles. The first-order valence-electron chi connectivity index (χ1n) is 5.05. The van der Waals surface area contributed by atoms with Crippen LogP contribution in [0.2, 0.25) is 0 Å². The highest BCUT2D eigenvalue weighted by molar-refractivity contribution is 6.20. The van der Waals surface area contributed by atoms with Crippen LogP contribution < -0.4 is 5.32 Å². The molecule has 0 aliphatic rings. The predicted octanol–water partition coefficient (Wildman–Crippen LogP) is 1.03. The van der Waals surface area contributed by atoms with Crippen molar-refractivity contribution < 1.29 is 4.74 Å². The molecule has 0 aromatic carbocycles. The van der Waals surface area contributed by atoms with Crippen LogP contribution in [0.15, 0.2) is 12.4 Å². The van der Waals surface area contributed by atoms with Gasteiger partial charge in [-0.1, -0.05) is 0 Å². The molecule has 15 heavy (non-hydrogen) atoms. The summed E-state index contributed by atoms with van der Waals surface area (Å²) >= 11 is 5.97. The van der Waals surface area contributed by atoms with E-state index in [1.165, 1.54) is 0 Å². The molecule has 1 aromatic heterocycles. The van der Waals surface area contributed by atoms with E-state index in [4.69, 9.17) is 16.3 Å². The fourth-order valence-corrected chi connectivity index (χ4v) is 1.57. The maximum atomic E-state index is 5.97. The van der Waals surface area contributed by atoms with E-state index in [2.05, 4.69) is 14.9 Å². The van der Waals surface area contributed by atoms with Crippen molar-refractivity contribution in [2.75, 3.05) is 26.8 Å². The van der Waals surface area contributed by atoms with Crippen molar-refractivity contribution in [2.45, 2.75) is 18.8 Å². The van der Waals surface area contributed by atoms with E-state index in [-0.39, 0.29) is 5.38 Å². The Hall–Kier alpha value is -0.580. The number of halogens is 1. The monoisotopic (exact) mass is 231 g/mol. The predicted molar refractivity (Wildman–Crippen MR) is 61.4 cm³/mol. The largest absolute Gasteiger partial charge is 0.383 e. The van der Waals surface area contributed by atoms with E-state index in [1.54, 1.807) is 7.11 Å². The minimum atomic E-state index is 0.0406. The van der Waals surface area contributed by atoms with Gasteiger partial charge in [-0.2, -0.15) is 0 Å². The Morgan fingerprint density at radius 3 is 3.07 bits per heavy atom. The Kier molecular flexibility index (Phi) is 5.68. The summed E-state index contributed by atoms with van der Waals surface area (Å²) in [4.78, 5) is 4.15. The molecule has 1 unspecified atom stereocenters. The summed E-state index contributed by atoms with van der Waals surface area (Å²) in [7, 11) is 1.66. The van der Waals surface area contributed by atoms with Gasteiger partial charge in [0.25, 0.3) is 0 Å². The highest BCUT2D eigenvalue weighted by Gasteiger charge is 2.02. The van der Waals surface area contributed by atoms with E-state index in [0.717, 1.165) is 25.5 Å². The molecular weight excluding hydrogens is 214 g/mol. The Bertz CT molecular complexity index is 277. The zero-order chi connectivity index (χ0) is 11.1. The molecule has 0 saturated heterocycles. The molecule has 0 bridgehead atoms. The van der Waals surface area contributed by atoms with E-state index >= 15 is 0 Å². The van der Waals surface area contributed by atoms with Crippen molar-refractivity contribution in [3.8, 4) is 0 Å². The minimum absolute atomic E-state index is 0.0406. The van der Waals surface area contributed by atoms with Crippen molar-refractivity contribution in [3.63, 3.8) is 0 Å². The molecular formula is C10H18ClN3O. The summed E-state index contributed by atoms with van der Waals surface area (Å²) in [6.45, 7) is 5.16. The number of methoxy groups -OCH3 is 1. The van der Waals surface area contributed by atoms with Crippen LogP contribution >= 0.6 is 11.6 Å². The zero-order valence-electron chi connectivity index (χ0n) is 9.24. The van der Waals surface area contributed by atoms with E-state index in [1.807, 2.05) is 19.3 Å². The highest BCUT2D eigenvalue weighted by Crippen LogP contribution is 1.95. The molecule has 1 aromatic rings. The molecule has 5 heteroatoms. The number of hydrogen-bond donors (Lipinski definition) is 1. The fraction of sp³-hybridized carbons (Fsp3) is 0.700. The molecule has 0 amide bonds. The van der Waals surface area contributed by atoms with Crippen LogP contribution in [0.3, 0.4) is 0 Å². The first-order valence-corrected chi connectivity index (χ1v) is 5.49. The van der Waals surface area contributed by atoms with Gasteiger partial charge in [-0.25, -0.2) is 4.98 Å². The van der Waals surface area contributed by atoms with Crippen molar-refractivity contribution >= 4 is 11.6 Å². The van der Waals surface area contributed by atoms with Crippen LogP contribution in [0.5, 0.6) is 0 Å². The zero-order valence-corrected chi connectivity index (χ0v) is 10.00. The third kappa shape index (κ3) is 4.64. The number of ether oxygens (including phenoxy) is 1. The highest BCUT2D eigenvalue weighted by atomic mass is 35.5. The van der Waals surface area contributed by atoms with E-state index in [9.17, 15) is 0 Å². The lowest BCUT2D eigenvalue weighted by Gasteiger charge is -2.10. The number of aryl methyl sites for hydroxylation is 1. The summed E-state index contributed by atoms with van der Waals surface area (Å²) in [5.74, 6) is 1.04. The van der Waals surface area contributed by atoms with Gasteiger partial charge in [0, 0.05) is 39.1 Å². The second-order valence-electron chi connectivity index (χ2n) is 3.42. The maximum absolute atomic E-state index is 5.97. The Balaban J connectivity index is 2.09. The van der Waals surface area contributed by atoms with Gasteiger partial charge in [0.05, 0.1) is 12.0 Å². The lowest BCUT2D eigenvalue weighted by atomic mass is 10.4. The lowest BCUT2D eigenvalue weighted by molar-refractivity contribution is 0.197. The van der Waals surface area contributed by atoms with Gasteiger partial charge in [0.15, 0.2) is 0 Å². The van der Waals surface area contributed by atoms with Gasteiger partial charge < -0.3 is 14.6 Å². The number of hydrogen-bond acceptors (Lipinski definition) is 3. The number of rotatable bonds is 7. The number of aromatic nitrogens is 2. The van der Waals surface area contributed by atoms with Crippen molar-refractivity contribution in [1.82, 2.24) is 14.9 Å². The average molecular weight is 232 g/mol. The second kappa shape index (κ2) is 6.82. The van der Waals surface area contributed by atoms with Crippen molar-refractivity contribution in [1.29, 1.82) is 0 Å². The van der Waals surface area contributed by atoms with Crippen LogP contribution in [0, 0.1) is 6.92 Å². The Labute approximate surface area is 95.6 Å². The van der Waals surface area contributed by atoms with Crippen LogP contribution in [0.25, 0.3) is 0 Å². The second-order valence-corrected chi connectivity index (χ2v) is 4.04. The fourth-order valence-electron chi connectivity index (χ4n) is 1.34. The van der Waals surface area contributed by atoms with E-state index < -0.39 is 0 Å². The molecule has 86 valence electrons. The van der Waals surface area contributed by atoms with Gasteiger partial charge >= 0.3 is 0 Å². The molecule has 0 saturated carbocycles. The molecule has 1 heterocycles. The first-order chi connectivity index (χ1) is 7.24. The standard InChI is InChI=1S/C10H18ClN3O/c1-9-13-4-6-14(9)5-3-12-7-10(11)8-15-2/h4,6,10,12H,3,5,7-8H2,1-2H3.